The molecule has 0 atom stereocenters. The highest BCUT2D eigenvalue weighted by molar-refractivity contribution is 5.84. The fourth-order valence-corrected chi connectivity index (χ4v) is 3.59. The Labute approximate surface area is 156 Å². The summed E-state index contributed by atoms with van der Waals surface area (Å²) in [6.07, 6.45) is 3.54. The number of methoxy groups -OCH3 is 1. The summed E-state index contributed by atoms with van der Waals surface area (Å²) in [7, 11) is 1.66. The minimum Gasteiger partial charge on any atom is -0.497 e. The van der Waals surface area contributed by atoms with Crippen molar-refractivity contribution < 1.29 is 9.26 Å². The summed E-state index contributed by atoms with van der Waals surface area (Å²) in [6, 6.07) is 15.7. The number of ether oxygens (including phenoxy) is 1. The van der Waals surface area contributed by atoms with Crippen LogP contribution in [0.1, 0.15) is 11.3 Å². The molecular weight excluding hydrogens is 340 g/mol. The number of rotatable bonds is 3. The highest BCUT2D eigenvalue weighted by Crippen LogP contribution is 2.42. The van der Waals surface area contributed by atoms with E-state index in [1.54, 1.807) is 13.3 Å². The summed E-state index contributed by atoms with van der Waals surface area (Å²) in [5.41, 5.74) is 12.7. The first kappa shape index (κ1) is 15.7. The first-order valence-corrected chi connectivity index (χ1v) is 8.81. The normalized spacial score (nSPS) is 12.5. The van der Waals surface area contributed by atoms with Crippen molar-refractivity contribution in [1.82, 2.24) is 14.9 Å². The number of nitrogens with zero attached hydrogens (tertiary/aromatic N) is 3. The number of aromatic nitrogens is 3. The van der Waals surface area contributed by atoms with Crippen LogP contribution < -0.4 is 10.5 Å². The third-order valence-corrected chi connectivity index (χ3v) is 4.96. The van der Waals surface area contributed by atoms with Crippen LogP contribution in [0.5, 0.6) is 5.75 Å². The van der Waals surface area contributed by atoms with Crippen molar-refractivity contribution >= 4 is 5.69 Å². The van der Waals surface area contributed by atoms with Crippen molar-refractivity contribution in [1.29, 1.82) is 0 Å². The molecule has 5 rings (SSSR count). The predicted octanol–water partition coefficient (Wildman–Crippen LogP) is 3.88. The van der Waals surface area contributed by atoms with Crippen LogP contribution in [0, 0.1) is 0 Å². The molecule has 0 aliphatic heterocycles. The fourth-order valence-electron chi connectivity index (χ4n) is 3.59. The molecule has 0 amide bonds. The number of nitrogens with two attached hydrogens (primary N) is 1. The number of fused-ring (bicyclic) bond motifs is 3. The minimum atomic E-state index is 0.721. The molecule has 0 radical (unpaired) electrons. The van der Waals surface area contributed by atoms with E-state index < -0.39 is 0 Å². The molecule has 0 saturated heterocycles. The second-order valence-electron chi connectivity index (χ2n) is 6.58. The number of benzene rings is 2. The summed E-state index contributed by atoms with van der Waals surface area (Å²) >= 11 is 0. The molecule has 6 heteroatoms. The van der Waals surface area contributed by atoms with Crippen LogP contribution in [0.4, 0.5) is 5.69 Å². The molecule has 0 bridgehead atoms. The van der Waals surface area contributed by atoms with E-state index >= 15 is 0 Å². The number of hydrogen-bond acceptors (Lipinski definition) is 5. The van der Waals surface area contributed by atoms with Gasteiger partial charge in [-0.3, -0.25) is 0 Å². The van der Waals surface area contributed by atoms with Crippen molar-refractivity contribution in [3.63, 3.8) is 0 Å². The van der Waals surface area contributed by atoms with Gasteiger partial charge >= 0.3 is 0 Å². The van der Waals surface area contributed by atoms with E-state index in [1.165, 1.54) is 0 Å². The van der Waals surface area contributed by atoms with E-state index in [0.717, 1.165) is 63.8 Å². The van der Waals surface area contributed by atoms with Crippen LogP contribution in [-0.2, 0) is 12.8 Å². The van der Waals surface area contributed by atoms with Crippen molar-refractivity contribution in [2.75, 3.05) is 12.8 Å². The summed E-state index contributed by atoms with van der Waals surface area (Å²) < 4.78 is 12.9. The van der Waals surface area contributed by atoms with Gasteiger partial charge in [-0.05, 0) is 61.4 Å². The Bertz CT molecular complexity index is 1110. The molecule has 27 heavy (non-hydrogen) atoms. The van der Waals surface area contributed by atoms with Crippen LogP contribution in [-0.4, -0.2) is 22.0 Å². The molecular formula is C21H18N4O2. The fraction of sp³-hybridized carbons (Fsp3) is 0.143. The van der Waals surface area contributed by atoms with Crippen molar-refractivity contribution in [2.45, 2.75) is 12.8 Å². The Balaban J connectivity index is 1.78. The zero-order valence-corrected chi connectivity index (χ0v) is 14.8. The summed E-state index contributed by atoms with van der Waals surface area (Å²) in [5.74, 6) is 1.62. The zero-order valence-electron chi connectivity index (χ0n) is 14.8. The van der Waals surface area contributed by atoms with Gasteiger partial charge in [-0.2, -0.15) is 5.10 Å². The Morgan fingerprint density at radius 2 is 1.81 bits per heavy atom. The Kier molecular flexibility index (Phi) is 3.50. The lowest BCUT2D eigenvalue weighted by Crippen LogP contribution is -2.01. The summed E-state index contributed by atoms with van der Waals surface area (Å²) in [6.45, 7) is 0. The highest BCUT2D eigenvalue weighted by Gasteiger charge is 2.29. The summed E-state index contributed by atoms with van der Waals surface area (Å²) in [5, 5.41) is 8.91. The second-order valence-corrected chi connectivity index (χ2v) is 6.58. The van der Waals surface area contributed by atoms with Crippen LogP contribution >= 0.6 is 0 Å². The molecule has 4 aromatic rings. The molecule has 1 aliphatic rings. The van der Waals surface area contributed by atoms with Crippen molar-refractivity contribution in [3.05, 3.63) is 66.0 Å². The third-order valence-electron chi connectivity index (χ3n) is 4.96. The number of anilines is 1. The van der Waals surface area contributed by atoms with E-state index in [-0.39, 0.29) is 0 Å². The van der Waals surface area contributed by atoms with Gasteiger partial charge in [0.25, 0.3) is 0 Å². The molecule has 0 saturated carbocycles. The van der Waals surface area contributed by atoms with E-state index in [1.807, 2.05) is 53.2 Å². The first-order valence-electron chi connectivity index (χ1n) is 8.81. The Morgan fingerprint density at radius 1 is 1.04 bits per heavy atom. The smallest absolute Gasteiger partial charge is 0.174 e. The lowest BCUT2D eigenvalue weighted by molar-refractivity contribution is 0.415. The van der Waals surface area contributed by atoms with Gasteiger partial charge in [-0.15, -0.1) is 0 Å². The molecule has 2 N–H and O–H groups in total. The molecule has 2 heterocycles. The maximum Gasteiger partial charge on any atom is 0.174 e. The Hall–Kier alpha value is -3.54. The molecule has 1 aliphatic carbocycles. The quantitative estimate of drug-likeness (QED) is 0.562. The van der Waals surface area contributed by atoms with Gasteiger partial charge in [-0.25, -0.2) is 4.68 Å². The first-order chi connectivity index (χ1) is 13.2. The van der Waals surface area contributed by atoms with Gasteiger partial charge in [0.05, 0.1) is 35.9 Å². The lowest BCUT2D eigenvalue weighted by Gasteiger charge is -2.12. The van der Waals surface area contributed by atoms with E-state index in [2.05, 4.69) is 5.16 Å². The zero-order chi connectivity index (χ0) is 18.4. The van der Waals surface area contributed by atoms with E-state index in [9.17, 15) is 0 Å². The monoisotopic (exact) mass is 358 g/mol. The van der Waals surface area contributed by atoms with Gasteiger partial charge in [0.15, 0.2) is 5.76 Å². The van der Waals surface area contributed by atoms with Gasteiger partial charge in [0.1, 0.15) is 5.75 Å². The predicted molar refractivity (Wildman–Crippen MR) is 103 cm³/mol. The lowest BCUT2D eigenvalue weighted by atomic mass is 9.93. The average molecular weight is 358 g/mol. The standard InChI is InChI=1S/C21H18N4O2/c1-26-17-9-2-13(3-10-17)20-19-18(11-4-14-12-23-27-21(14)19)24-25(20)16-7-5-15(22)6-8-16/h2-3,5-10,12H,4,11,22H2,1H3. The molecule has 0 fully saturated rings. The molecule has 0 unspecified atom stereocenters. The number of nitrogen functional groups attached to an aromatic ring is 1. The SMILES string of the molecule is COc1ccc(-c2c3c(nn2-c2ccc(N)cc2)CCc2cnoc2-3)cc1. The van der Waals surface area contributed by atoms with Crippen molar-refractivity contribution in [3.8, 4) is 34.0 Å². The molecule has 134 valence electrons. The van der Waals surface area contributed by atoms with E-state index in [4.69, 9.17) is 20.1 Å². The van der Waals surface area contributed by atoms with Crippen LogP contribution in [0.3, 0.4) is 0 Å². The minimum absolute atomic E-state index is 0.721. The average Bonchev–Trinajstić information content (AvgIpc) is 3.32. The molecule has 2 aromatic carbocycles. The summed E-state index contributed by atoms with van der Waals surface area (Å²) in [4.78, 5) is 0. The maximum atomic E-state index is 5.87. The highest BCUT2D eigenvalue weighted by atomic mass is 16.5. The van der Waals surface area contributed by atoms with Crippen LogP contribution in [0.2, 0.25) is 0 Å². The second kappa shape index (κ2) is 6.02. The van der Waals surface area contributed by atoms with Gasteiger partial charge in [-0.1, -0.05) is 5.16 Å². The maximum absolute atomic E-state index is 5.87. The molecule has 0 spiro atoms. The van der Waals surface area contributed by atoms with Gasteiger partial charge < -0.3 is 15.0 Å². The molecule has 6 nitrogen and oxygen atoms in total. The third kappa shape index (κ3) is 2.49. The largest absolute Gasteiger partial charge is 0.497 e. The number of hydrogen-bond donors (Lipinski definition) is 1. The topological polar surface area (TPSA) is 79.1 Å². The molecule has 2 aromatic heterocycles. The van der Waals surface area contributed by atoms with Crippen LogP contribution in [0.25, 0.3) is 28.3 Å². The van der Waals surface area contributed by atoms with Gasteiger partial charge in [0, 0.05) is 16.8 Å². The van der Waals surface area contributed by atoms with Crippen LogP contribution in [0.15, 0.2) is 59.3 Å². The Morgan fingerprint density at radius 3 is 2.56 bits per heavy atom. The van der Waals surface area contributed by atoms with Crippen molar-refractivity contribution in [2.24, 2.45) is 0 Å². The van der Waals surface area contributed by atoms with E-state index in [0.29, 0.717) is 0 Å². The number of aryl methyl sites for hydroxylation is 2. The van der Waals surface area contributed by atoms with Gasteiger partial charge in [0.2, 0.25) is 0 Å².